The summed E-state index contributed by atoms with van der Waals surface area (Å²) in [6.45, 7) is 2.78. The lowest BCUT2D eigenvalue weighted by Crippen LogP contribution is -2.23. The van der Waals surface area contributed by atoms with Gasteiger partial charge in [0.25, 0.3) is 0 Å². The van der Waals surface area contributed by atoms with E-state index in [9.17, 15) is 14.4 Å². The summed E-state index contributed by atoms with van der Waals surface area (Å²) in [7, 11) is 0. The average molecular weight is 421 g/mol. The van der Waals surface area contributed by atoms with Gasteiger partial charge in [-0.2, -0.15) is 4.98 Å². The van der Waals surface area contributed by atoms with Crippen molar-refractivity contribution < 1.29 is 19.1 Å². The maximum atomic E-state index is 12.2. The quantitative estimate of drug-likeness (QED) is 0.740. The summed E-state index contributed by atoms with van der Waals surface area (Å²) in [5.41, 5.74) is -0.783. The molecule has 11 heteroatoms. The molecule has 0 radical (unpaired) electrons. The number of ether oxygens (including phenoxy) is 2. The smallest absolute Gasteiger partial charge is 0.358 e. The van der Waals surface area contributed by atoms with Crippen molar-refractivity contribution in [3.8, 4) is 0 Å². The molecule has 0 spiro atoms. The van der Waals surface area contributed by atoms with Gasteiger partial charge in [-0.05, 0) is 13.8 Å². The predicted octanol–water partition coefficient (Wildman–Crippen LogP) is 2.97. The zero-order chi connectivity index (χ0) is 19.4. The molecule has 0 fully saturated rings. The Labute approximate surface area is 162 Å². The van der Waals surface area contributed by atoms with Gasteiger partial charge in [0, 0.05) is 11.9 Å². The number of hydrogen-bond acceptors (Lipinski definition) is 7. The van der Waals surface area contributed by atoms with E-state index in [1.165, 1.54) is 6.92 Å². The number of rotatable bonds is 5. The summed E-state index contributed by atoms with van der Waals surface area (Å²) in [5.74, 6) is -1.63. The number of esters is 2. The molecule has 138 valence electrons. The van der Waals surface area contributed by atoms with E-state index in [1.807, 2.05) is 0 Å². The second-order valence-corrected chi connectivity index (χ2v) is 6.03. The molecule has 2 heterocycles. The maximum Gasteiger partial charge on any atom is 0.358 e. The Bertz CT molecular complexity index is 929. The molecule has 0 saturated carbocycles. The van der Waals surface area contributed by atoms with Gasteiger partial charge in [0.1, 0.15) is 17.9 Å². The third kappa shape index (κ3) is 4.32. The van der Waals surface area contributed by atoms with Crippen molar-refractivity contribution in [2.75, 3.05) is 6.61 Å². The van der Waals surface area contributed by atoms with E-state index in [-0.39, 0.29) is 44.3 Å². The number of carbonyl (C=O) groups excluding carboxylic acids is 2. The van der Waals surface area contributed by atoms with Gasteiger partial charge in [0.05, 0.1) is 21.7 Å². The molecule has 0 bridgehead atoms. The van der Waals surface area contributed by atoms with E-state index in [2.05, 4.69) is 15.0 Å². The number of aromatic amines is 1. The molecule has 0 saturated heterocycles. The highest BCUT2D eigenvalue weighted by molar-refractivity contribution is 6.48. The maximum absolute atomic E-state index is 12.2. The summed E-state index contributed by atoms with van der Waals surface area (Å²) < 4.78 is 9.98. The minimum Gasteiger partial charge on any atom is -0.462 e. The van der Waals surface area contributed by atoms with Crippen LogP contribution in [0.5, 0.6) is 0 Å². The van der Waals surface area contributed by atoms with Crippen molar-refractivity contribution >= 4 is 46.7 Å². The van der Waals surface area contributed by atoms with Crippen molar-refractivity contribution in [3.63, 3.8) is 0 Å². The van der Waals surface area contributed by atoms with Crippen molar-refractivity contribution in [2.24, 2.45) is 0 Å². The van der Waals surface area contributed by atoms with Crippen LogP contribution in [0.3, 0.4) is 0 Å². The van der Waals surface area contributed by atoms with Crippen LogP contribution in [0.25, 0.3) is 0 Å². The number of halogens is 3. The molecular weight excluding hydrogens is 409 g/mol. The minimum atomic E-state index is -0.928. The van der Waals surface area contributed by atoms with Gasteiger partial charge >= 0.3 is 17.6 Å². The van der Waals surface area contributed by atoms with Crippen LogP contribution >= 0.6 is 34.8 Å². The number of pyridine rings is 1. The number of nitrogens with one attached hydrogen (secondary N) is 1. The van der Waals surface area contributed by atoms with E-state index >= 15 is 0 Å². The number of nitrogens with zero attached hydrogens (tertiary/aromatic N) is 2. The van der Waals surface area contributed by atoms with Crippen LogP contribution in [0, 0.1) is 6.92 Å². The zero-order valence-electron chi connectivity index (χ0n) is 13.6. The first kappa shape index (κ1) is 20.2. The highest BCUT2D eigenvalue weighted by atomic mass is 35.5. The Morgan fingerprint density at radius 3 is 2.50 bits per heavy atom. The normalized spacial score (nSPS) is 10.5. The lowest BCUT2D eigenvalue weighted by molar-refractivity contribution is 0.0437. The first-order valence-corrected chi connectivity index (χ1v) is 8.33. The summed E-state index contributed by atoms with van der Waals surface area (Å²) >= 11 is 17.5. The Kier molecular flexibility index (Phi) is 6.57. The molecule has 0 unspecified atom stereocenters. The van der Waals surface area contributed by atoms with Gasteiger partial charge in [-0.3, -0.25) is 0 Å². The lowest BCUT2D eigenvalue weighted by Gasteiger charge is -2.11. The monoisotopic (exact) mass is 419 g/mol. The van der Waals surface area contributed by atoms with Gasteiger partial charge in [-0.15, -0.1) is 0 Å². The number of hydrogen-bond donors (Lipinski definition) is 1. The molecule has 26 heavy (non-hydrogen) atoms. The van der Waals surface area contributed by atoms with Gasteiger partial charge in [0.2, 0.25) is 0 Å². The van der Waals surface area contributed by atoms with Gasteiger partial charge in [0.15, 0.2) is 5.69 Å². The second kappa shape index (κ2) is 8.48. The predicted molar refractivity (Wildman–Crippen MR) is 93.9 cm³/mol. The van der Waals surface area contributed by atoms with E-state index in [0.29, 0.717) is 0 Å². The highest BCUT2D eigenvalue weighted by Gasteiger charge is 2.22. The lowest BCUT2D eigenvalue weighted by atomic mass is 10.1. The third-order valence-corrected chi connectivity index (χ3v) is 4.37. The molecule has 0 atom stereocenters. The summed E-state index contributed by atoms with van der Waals surface area (Å²) in [5, 5.41) is -0.151. The van der Waals surface area contributed by atoms with Crippen LogP contribution in [0.4, 0.5) is 0 Å². The molecule has 0 amide bonds. The highest BCUT2D eigenvalue weighted by Crippen LogP contribution is 2.31. The summed E-state index contributed by atoms with van der Waals surface area (Å²) in [6, 6.07) is 0. The van der Waals surface area contributed by atoms with Crippen LogP contribution < -0.4 is 5.69 Å². The second-order valence-electron chi connectivity index (χ2n) is 4.87. The fraction of sp³-hybridized carbons (Fsp3) is 0.267. The van der Waals surface area contributed by atoms with Crippen molar-refractivity contribution in [2.45, 2.75) is 20.5 Å². The van der Waals surface area contributed by atoms with Crippen LogP contribution in [-0.4, -0.2) is 33.5 Å². The Morgan fingerprint density at radius 1 is 1.15 bits per heavy atom. The van der Waals surface area contributed by atoms with Gasteiger partial charge < -0.3 is 14.5 Å². The van der Waals surface area contributed by atoms with Crippen LogP contribution in [0.15, 0.2) is 11.0 Å². The van der Waals surface area contributed by atoms with Crippen molar-refractivity contribution in [1.82, 2.24) is 15.0 Å². The molecule has 2 rings (SSSR count). The van der Waals surface area contributed by atoms with Gasteiger partial charge in [-0.25, -0.2) is 19.4 Å². The molecule has 0 aromatic carbocycles. The fourth-order valence-electron chi connectivity index (χ4n) is 2.01. The standard InChI is InChI=1S/C15H12Cl3N3O5/c1-3-25-13(22)9-6(2)20-15(24)21-8(9)5-26-14(23)12-11(18)10(17)7(16)4-19-12/h4H,3,5H2,1-2H3,(H,20,21,24). The van der Waals surface area contributed by atoms with Gasteiger partial charge in [-0.1, -0.05) is 34.8 Å². The topological polar surface area (TPSA) is 111 Å². The number of aryl methyl sites for hydroxylation is 1. The SMILES string of the molecule is CCOC(=O)c1c(COC(=O)c2ncc(Cl)c(Cl)c2Cl)nc(=O)[nH]c1C. The largest absolute Gasteiger partial charge is 0.462 e. The van der Waals surface area contributed by atoms with Crippen molar-refractivity contribution in [3.05, 3.63) is 54.4 Å². The molecule has 8 nitrogen and oxygen atoms in total. The molecule has 0 aliphatic heterocycles. The third-order valence-electron chi connectivity index (χ3n) is 3.12. The van der Waals surface area contributed by atoms with E-state index < -0.39 is 24.2 Å². The number of carbonyl (C=O) groups is 2. The Hall–Kier alpha value is -2.16. The summed E-state index contributed by atoms with van der Waals surface area (Å²) in [4.78, 5) is 45.6. The molecular formula is C15H12Cl3N3O5. The molecule has 2 aromatic heterocycles. The Morgan fingerprint density at radius 2 is 1.85 bits per heavy atom. The molecule has 1 N–H and O–H groups in total. The van der Waals surface area contributed by atoms with Crippen LogP contribution in [0.2, 0.25) is 15.1 Å². The van der Waals surface area contributed by atoms with E-state index in [0.717, 1.165) is 6.20 Å². The van der Waals surface area contributed by atoms with E-state index in [4.69, 9.17) is 44.3 Å². The fourth-order valence-corrected chi connectivity index (χ4v) is 2.57. The molecule has 0 aliphatic rings. The Balaban J connectivity index is 2.29. The van der Waals surface area contributed by atoms with Crippen molar-refractivity contribution in [1.29, 1.82) is 0 Å². The molecule has 2 aromatic rings. The number of aromatic nitrogens is 3. The zero-order valence-corrected chi connectivity index (χ0v) is 15.8. The number of H-pyrrole nitrogens is 1. The average Bonchev–Trinajstić information content (AvgIpc) is 2.57. The summed E-state index contributed by atoms with van der Waals surface area (Å²) in [6.07, 6.45) is 1.14. The first-order chi connectivity index (χ1) is 12.3. The van der Waals surface area contributed by atoms with E-state index in [1.54, 1.807) is 6.92 Å². The van der Waals surface area contributed by atoms with Crippen LogP contribution in [-0.2, 0) is 16.1 Å². The van der Waals surface area contributed by atoms with Crippen LogP contribution in [0.1, 0.15) is 39.2 Å². The minimum absolute atomic E-state index is 0.00689. The first-order valence-electron chi connectivity index (χ1n) is 7.19. The molecule has 0 aliphatic carbocycles.